The lowest BCUT2D eigenvalue weighted by Gasteiger charge is -2.39. The van der Waals surface area contributed by atoms with Gasteiger partial charge in [0.2, 0.25) is 5.88 Å². The minimum Gasteiger partial charge on any atom is -0.481 e. The number of amides is 2. The van der Waals surface area contributed by atoms with Crippen LogP contribution in [-0.2, 0) is 0 Å². The third kappa shape index (κ3) is 4.39. The van der Waals surface area contributed by atoms with Crippen LogP contribution in [0.4, 0.5) is 0 Å². The number of nitrogens with zero attached hydrogens (tertiary/aromatic N) is 6. The highest BCUT2D eigenvalue weighted by Crippen LogP contribution is 2.41. The molecule has 0 N–H and O–H groups in total. The van der Waals surface area contributed by atoms with Crippen LogP contribution < -0.4 is 4.74 Å². The molecule has 2 amide bonds. The van der Waals surface area contributed by atoms with Crippen molar-refractivity contribution in [2.75, 3.05) is 33.3 Å². The van der Waals surface area contributed by atoms with E-state index in [1.807, 2.05) is 22.1 Å². The zero-order valence-corrected chi connectivity index (χ0v) is 21.2. The molecule has 0 aromatic carbocycles. The summed E-state index contributed by atoms with van der Waals surface area (Å²) in [5.74, 6) is 0.207. The van der Waals surface area contributed by atoms with Gasteiger partial charge in [-0.15, -0.1) is 16.4 Å². The second kappa shape index (κ2) is 9.20. The summed E-state index contributed by atoms with van der Waals surface area (Å²) in [6.45, 7) is 4.57. The molecular weight excluding hydrogens is 496 g/mol. The average Bonchev–Trinajstić information content (AvgIpc) is 3.58. The van der Waals surface area contributed by atoms with E-state index >= 15 is 0 Å². The summed E-state index contributed by atoms with van der Waals surface area (Å²) in [5, 5.41) is 6.86. The molecule has 178 valence electrons. The van der Waals surface area contributed by atoms with E-state index in [0.29, 0.717) is 43.3 Å². The van der Waals surface area contributed by atoms with Crippen molar-refractivity contribution < 1.29 is 14.3 Å². The monoisotopic (exact) mass is 518 g/mol. The summed E-state index contributed by atoms with van der Waals surface area (Å²) in [7, 11) is 1.49. The summed E-state index contributed by atoms with van der Waals surface area (Å²) in [6, 6.07) is 3.18. The second-order valence-corrected chi connectivity index (χ2v) is 10.7. The van der Waals surface area contributed by atoms with E-state index in [4.69, 9.17) is 16.3 Å². The quantitative estimate of drug-likeness (QED) is 0.484. The Kier molecular flexibility index (Phi) is 6.26. The molecule has 0 radical (unpaired) electrons. The van der Waals surface area contributed by atoms with Crippen LogP contribution in [0.15, 0.2) is 17.5 Å². The standard InChI is InChI=1S/C22H23ClN6O3S2/c1-13-18(34-27-26-13)19-24-15(11-33-19)21(31)29-8-5-22(12-29)3-6-28(7-4-22)20(30)14-9-16(23)25-17(10-14)32-2/h9-11H,3-8,12H2,1-2H3. The van der Waals surface area contributed by atoms with Gasteiger partial charge >= 0.3 is 0 Å². The second-order valence-electron chi connectivity index (χ2n) is 8.72. The van der Waals surface area contributed by atoms with E-state index in [1.165, 1.54) is 30.0 Å². The van der Waals surface area contributed by atoms with Crippen molar-refractivity contribution in [3.63, 3.8) is 0 Å². The number of thiazole rings is 1. The number of piperidine rings is 1. The number of likely N-dealkylation sites (tertiary alicyclic amines) is 2. The van der Waals surface area contributed by atoms with Crippen molar-refractivity contribution in [1.29, 1.82) is 0 Å². The third-order valence-corrected chi connectivity index (χ3v) is 8.65. The van der Waals surface area contributed by atoms with Crippen LogP contribution in [0.2, 0.25) is 5.15 Å². The van der Waals surface area contributed by atoms with Gasteiger partial charge in [-0.3, -0.25) is 9.59 Å². The van der Waals surface area contributed by atoms with Crippen LogP contribution in [0.1, 0.15) is 45.8 Å². The van der Waals surface area contributed by atoms with Crippen molar-refractivity contribution in [3.05, 3.63) is 39.6 Å². The van der Waals surface area contributed by atoms with Gasteiger partial charge in [-0.05, 0) is 49.2 Å². The maximum absolute atomic E-state index is 13.1. The fraction of sp³-hybridized carbons (Fsp3) is 0.455. The lowest BCUT2D eigenvalue weighted by atomic mass is 9.77. The lowest BCUT2D eigenvalue weighted by molar-refractivity contribution is 0.0564. The molecule has 5 rings (SSSR count). The first-order chi connectivity index (χ1) is 16.4. The fourth-order valence-electron chi connectivity index (χ4n) is 4.65. The number of carbonyl (C=O) groups excluding carboxylic acids is 2. The molecule has 2 saturated heterocycles. The first-order valence-corrected chi connectivity index (χ1v) is 13.0. The number of aryl methyl sites for hydroxylation is 1. The van der Waals surface area contributed by atoms with Gasteiger partial charge < -0.3 is 14.5 Å². The number of hydrogen-bond acceptors (Lipinski definition) is 9. The van der Waals surface area contributed by atoms with Gasteiger partial charge in [-0.25, -0.2) is 9.97 Å². The molecule has 0 bridgehead atoms. The molecule has 2 fully saturated rings. The van der Waals surface area contributed by atoms with Gasteiger partial charge in [0, 0.05) is 43.2 Å². The highest BCUT2D eigenvalue weighted by atomic mass is 35.5. The molecule has 2 aliphatic rings. The van der Waals surface area contributed by atoms with E-state index in [0.717, 1.165) is 34.8 Å². The Labute approximate surface area is 209 Å². The molecular formula is C22H23ClN6O3S2. The molecule has 34 heavy (non-hydrogen) atoms. The smallest absolute Gasteiger partial charge is 0.273 e. The summed E-state index contributed by atoms with van der Waals surface area (Å²) in [4.78, 5) is 39.4. The van der Waals surface area contributed by atoms with Gasteiger partial charge in [-0.1, -0.05) is 16.1 Å². The highest BCUT2D eigenvalue weighted by Gasteiger charge is 2.43. The molecule has 3 aromatic heterocycles. The van der Waals surface area contributed by atoms with Crippen molar-refractivity contribution in [2.24, 2.45) is 5.41 Å². The molecule has 9 nitrogen and oxygen atoms in total. The Bertz CT molecular complexity index is 1240. The van der Waals surface area contributed by atoms with Gasteiger partial charge in [-0.2, -0.15) is 0 Å². The Morgan fingerprint density at radius 2 is 1.82 bits per heavy atom. The fourth-order valence-corrected chi connectivity index (χ4v) is 6.43. The molecule has 0 saturated carbocycles. The van der Waals surface area contributed by atoms with E-state index in [1.54, 1.807) is 12.1 Å². The summed E-state index contributed by atoms with van der Waals surface area (Å²) >= 11 is 8.77. The number of hydrogen-bond donors (Lipinski definition) is 0. The van der Waals surface area contributed by atoms with Crippen LogP contribution in [-0.4, -0.2) is 74.5 Å². The molecule has 12 heteroatoms. The van der Waals surface area contributed by atoms with E-state index in [9.17, 15) is 9.59 Å². The van der Waals surface area contributed by atoms with E-state index in [-0.39, 0.29) is 22.4 Å². The first kappa shape index (κ1) is 23.1. The van der Waals surface area contributed by atoms with Crippen LogP contribution in [0.5, 0.6) is 5.88 Å². The third-order valence-electron chi connectivity index (χ3n) is 6.63. The average molecular weight is 519 g/mol. The van der Waals surface area contributed by atoms with Crippen LogP contribution in [0.25, 0.3) is 9.88 Å². The maximum Gasteiger partial charge on any atom is 0.273 e. The Hall–Kier alpha value is -2.63. The number of carbonyl (C=O) groups is 2. The molecule has 3 aromatic rings. The molecule has 5 heterocycles. The largest absolute Gasteiger partial charge is 0.481 e. The van der Waals surface area contributed by atoms with Gasteiger partial charge in [0.25, 0.3) is 11.8 Å². The zero-order chi connectivity index (χ0) is 23.9. The van der Waals surface area contributed by atoms with Crippen LogP contribution >= 0.6 is 34.5 Å². The Balaban J connectivity index is 1.21. The minimum atomic E-state index is -0.0776. The van der Waals surface area contributed by atoms with E-state index < -0.39 is 0 Å². The summed E-state index contributed by atoms with van der Waals surface area (Å²) < 4.78 is 9.09. The van der Waals surface area contributed by atoms with E-state index in [2.05, 4.69) is 19.6 Å². The highest BCUT2D eigenvalue weighted by molar-refractivity contribution is 7.18. The number of aromatic nitrogens is 4. The predicted molar refractivity (Wildman–Crippen MR) is 130 cm³/mol. The van der Waals surface area contributed by atoms with Gasteiger partial charge in [0.05, 0.1) is 12.8 Å². The van der Waals surface area contributed by atoms with Crippen LogP contribution in [0.3, 0.4) is 0 Å². The number of methoxy groups -OCH3 is 1. The normalized spacial score (nSPS) is 17.4. The number of ether oxygens (including phenoxy) is 1. The zero-order valence-electron chi connectivity index (χ0n) is 18.8. The van der Waals surface area contributed by atoms with Gasteiger partial charge in [0.15, 0.2) is 0 Å². The molecule has 1 spiro atoms. The van der Waals surface area contributed by atoms with Gasteiger partial charge in [0.1, 0.15) is 20.7 Å². The number of rotatable bonds is 4. The molecule has 2 aliphatic heterocycles. The number of halogens is 1. The molecule has 0 aliphatic carbocycles. The minimum absolute atomic E-state index is 0.0356. The summed E-state index contributed by atoms with van der Waals surface area (Å²) in [6.07, 6.45) is 2.64. The number of pyridine rings is 1. The first-order valence-electron chi connectivity index (χ1n) is 10.9. The molecule has 0 atom stereocenters. The van der Waals surface area contributed by atoms with Crippen molar-refractivity contribution in [2.45, 2.75) is 26.2 Å². The van der Waals surface area contributed by atoms with Crippen molar-refractivity contribution >= 4 is 46.3 Å². The predicted octanol–water partition coefficient (Wildman–Crippen LogP) is 3.80. The topological polar surface area (TPSA) is 101 Å². The maximum atomic E-state index is 13.1. The SMILES string of the molecule is COc1cc(C(=O)N2CCC3(CC2)CCN(C(=O)c2csc(-c4snnc4C)n2)C3)cc(Cl)n1. The van der Waals surface area contributed by atoms with Crippen molar-refractivity contribution in [3.8, 4) is 15.8 Å². The Morgan fingerprint density at radius 1 is 1.09 bits per heavy atom. The molecule has 0 unspecified atom stereocenters. The van der Waals surface area contributed by atoms with Crippen molar-refractivity contribution in [1.82, 2.24) is 29.4 Å². The summed E-state index contributed by atoms with van der Waals surface area (Å²) in [5.41, 5.74) is 1.81. The lowest BCUT2D eigenvalue weighted by Crippen LogP contribution is -2.44. The Morgan fingerprint density at radius 3 is 2.50 bits per heavy atom. The van der Waals surface area contributed by atoms with Crippen LogP contribution in [0, 0.1) is 12.3 Å².